The molecule has 0 heterocycles. The van der Waals surface area contributed by atoms with E-state index < -0.39 is 0 Å². The molecule has 0 amide bonds. The second kappa shape index (κ2) is 4.70. The topological polar surface area (TPSA) is 20.2 Å². The molecule has 0 bridgehead atoms. The Balaban J connectivity index is 2.07. The molecule has 1 N–H and O–H groups in total. The molecule has 0 aromatic heterocycles. The van der Waals surface area contributed by atoms with Crippen LogP contribution in [0, 0.1) is 17.8 Å². The lowest BCUT2D eigenvalue weighted by Crippen LogP contribution is -2.10. The van der Waals surface area contributed by atoms with Crippen molar-refractivity contribution in [2.45, 2.75) is 25.4 Å². The average molecular weight is 221 g/mol. The summed E-state index contributed by atoms with van der Waals surface area (Å²) in [4.78, 5) is 0. The molecule has 1 aromatic rings. The van der Waals surface area contributed by atoms with Gasteiger partial charge in [-0.1, -0.05) is 23.4 Å². The zero-order chi connectivity index (χ0) is 10.7. The molecule has 0 radical (unpaired) electrons. The summed E-state index contributed by atoms with van der Waals surface area (Å²) < 4.78 is 0. The summed E-state index contributed by atoms with van der Waals surface area (Å²) in [5.41, 5.74) is 0.957. The Labute approximate surface area is 95.1 Å². The molecule has 1 nitrogen and oxygen atoms in total. The van der Waals surface area contributed by atoms with Crippen molar-refractivity contribution in [1.82, 2.24) is 0 Å². The zero-order valence-corrected chi connectivity index (χ0v) is 9.17. The van der Waals surface area contributed by atoms with Crippen LogP contribution in [0.4, 0.5) is 0 Å². The fraction of sp³-hybridized carbons (Fsp3) is 0.385. The molecule has 15 heavy (non-hydrogen) atoms. The molecule has 2 atom stereocenters. The van der Waals surface area contributed by atoms with Crippen molar-refractivity contribution in [2.75, 3.05) is 0 Å². The van der Waals surface area contributed by atoms with Gasteiger partial charge in [0.1, 0.15) is 0 Å². The SMILES string of the molecule is O[C@@H]1CCC[C@H]1C#Cc1ccc(Cl)cc1. The lowest BCUT2D eigenvalue weighted by Gasteiger charge is -2.04. The maximum Gasteiger partial charge on any atom is 0.0677 e. The van der Waals surface area contributed by atoms with Gasteiger partial charge in [-0.2, -0.15) is 0 Å². The van der Waals surface area contributed by atoms with Crippen molar-refractivity contribution in [3.05, 3.63) is 34.9 Å². The number of hydrogen-bond donors (Lipinski definition) is 1. The third-order valence-corrected chi connectivity index (χ3v) is 2.98. The van der Waals surface area contributed by atoms with Gasteiger partial charge in [-0.3, -0.25) is 0 Å². The molecule has 2 heteroatoms. The summed E-state index contributed by atoms with van der Waals surface area (Å²) in [7, 11) is 0. The van der Waals surface area contributed by atoms with Crippen LogP contribution in [0.1, 0.15) is 24.8 Å². The van der Waals surface area contributed by atoms with Crippen molar-refractivity contribution in [2.24, 2.45) is 5.92 Å². The Bertz CT molecular complexity index is 385. The van der Waals surface area contributed by atoms with Crippen molar-refractivity contribution in [1.29, 1.82) is 0 Å². The number of aliphatic hydroxyl groups excluding tert-OH is 1. The lowest BCUT2D eigenvalue weighted by atomic mass is 10.1. The highest BCUT2D eigenvalue weighted by atomic mass is 35.5. The zero-order valence-electron chi connectivity index (χ0n) is 8.41. The molecular formula is C13H13ClO. The van der Waals surface area contributed by atoms with Crippen LogP contribution in [0.5, 0.6) is 0 Å². The highest BCUT2D eigenvalue weighted by Gasteiger charge is 2.22. The quantitative estimate of drug-likeness (QED) is 0.667. The maximum absolute atomic E-state index is 9.59. The van der Waals surface area contributed by atoms with Gasteiger partial charge in [0.25, 0.3) is 0 Å². The first-order chi connectivity index (χ1) is 7.25. The Morgan fingerprint density at radius 1 is 1.20 bits per heavy atom. The number of hydrogen-bond acceptors (Lipinski definition) is 1. The van der Waals surface area contributed by atoms with Gasteiger partial charge < -0.3 is 5.11 Å². The van der Waals surface area contributed by atoms with Gasteiger partial charge >= 0.3 is 0 Å². The van der Waals surface area contributed by atoms with Crippen molar-refractivity contribution >= 4 is 11.6 Å². The molecule has 78 valence electrons. The molecule has 1 saturated carbocycles. The van der Waals surface area contributed by atoms with Gasteiger partial charge in [0.15, 0.2) is 0 Å². The van der Waals surface area contributed by atoms with Gasteiger partial charge in [0, 0.05) is 16.5 Å². The minimum Gasteiger partial charge on any atom is -0.392 e. The van der Waals surface area contributed by atoms with E-state index in [-0.39, 0.29) is 12.0 Å². The molecule has 0 aliphatic heterocycles. The van der Waals surface area contributed by atoms with Crippen LogP contribution in [0.15, 0.2) is 24.3 Å². The van der Waals surface area contributed by atoms with Crippen LogP contribution >= 0.6 is 11.6 Å². The highest BCUT2D eigenvalue weighted by Crippen LogP contribution is 2.24. The Kier molecular flexibility index (Phi) is 3.30. The van der Waals surface area contributed by atoms with E-state index in [0.29, 0.717) is 0 Å². The van der Waals surface area contributed by atoms with E-state index in [1.807, 2.05) is 24.3 Å². The molecule has 0 spiro atoms. The minimum absolute atomic E-state index is 0.153. The van der Waals surface area contributed by atoms with Crippen LogP contribution in [-0.2, 0) is 0 Å². The standard InChI is InChI=1S/C13H13ClO/c14-12-8-5-10(6-9-12)4-7-11-2-1-3-13(11)15/h5-6,8-9,11,13,15H,1-3H2/t11-,13+/m0/s1. The second-order valence-electron chi connectivity index (χ2n) is 3.88. The van der Waals surface area contributed by atoms with E-state index in [2.05, 4.69) is 11.8 Å². The summed E-state index contributed by atoms with van der Waals surface area (Å²) in [6.45, 7) is 0. The van der Waals surface area contributed by atoms with Gasteiger partial charge in [-0.25, -0.2) is 0 Å². The largest absolute Gasteiger partial charge is 0.392 e. The molecule has 1 aliphatic rings. The van der Waals surface area contributed by atoms with E-state index in [0.717, 1.165) is 29.8 Å². The fourth-order valence-electron chi connectivity index (χ4n) is 1.82. The minimum atomic E-state index is -0.232. The van der Waals surface area contributed by atoms with E-state index >= 15 is 0 Å². The van der Waals surface area contributed by atoms with E-state index in [1.165, 1.54) is 0 Å². The van der Waals surface area contributed by atoms with E-state index in [4.69, 9.17) is 11.6 Å². The van der Waals surface area contributed by atoms with Crippen molar-refractivity contribution in [3.8, 4) is 11.8 Å². The summed E-state index contributed by atoms with van der Waals surface area (Å²) in [6, 6.07) is 7.46. The van der Waals surface area contributed by atoms with Crippen LogP contribution in [0.25, 0.3) is 0 Å². The Morgan fingerprint density at radius 2 is 1.93 bits per heavy atom. The van der Waals surface area contributed by atoms with E-state index in [9.17, 15) is 5.11 Å². The Hall–Kier alpha value is -0.970. The predicted octanol–water partition coefficient (Wildman–Crippen LogP) is 2.85. The van der Waals surface area contributed by atoms with Crippen LogP contribution < -0.4 is 0 Å². The molecule has 1 aliphatic carbocycles. The third kappa shape index (κ3) is 2.75. The van der Waals surface area contributed by atoms with Crippen LogP contribution in [-0.4, -0.2) is 11.2 Å². The van der Waals surface area contributed by atoms with Gasteiger partial charge in [-0.05, 0) is 43.5 Å². The lowest BCUT2D eigenvalue weighted by molar-refractivity contribution is 0.157. The number of halogens is 1. The first-order valence-electron chi connectivity index (χ1n) is 5.21. The normalized spacial score (nSPS) is 24.7. The fourth-order valence-corrected chi connectivity index (χ4v) is 1.94. The molecule has 2 rings (SSSR count). The predicted molar refractivity (Wildman–Crippen MR) is 61.7 cm³/mol. The number of benzene rings is 1. The average Bonchev–Trinajstić information content (AvgIpc) is 2.63. The van der Waals surface area contributed by atoms with Gasteiger partial charge in [0.2, 0.25) is 0 Å². The summed E-state index contributed by atoms with van der Waals surface area (Å²) >= 11 is 5.77. The Morgan fingerprint density at radius 3 is 2.53 bits per heavy atom. The third-order valence-electron chi connectivity index (χ3n) is 2.73. The molecule has 1 fully saturated rings. The molecule has 0 unspecified atom stereocenters. The van der Waals surface area contributed by atoms with Gasteiger partial charge in [0.05, 0.1) is 6.10 Å². The van der Waals surface area contributed by atoms with E-state index in [1.54, 1.807) is 0 Å². The molecule has 1 aromatic carbocycles. The van der Waals surface area contributed by atoms with Crippen LogP contribution in [0.3, 0.4) is 0 Å². The van der Waals surface area contributed by atoms with Crippen molar-refractivity contribution < 1.29 is 5.11 Å². The summed E-state index contributed by atoms with van der Waals surface area (Å²) in [6.07, 6.45) is 2.76. The summed E-state index contributed by atoms with van der Waals surface area (Å²) in [5.74, 6) is 6.35. The first-order valence-corrected chi connectivity index (χ1v) is 5.59. The molecular weight excluding hydrogens is 208 g/mol. The van der Waals surface area contributed by atoms with Gasteiger partial charge in [-0.15, -0.1) is 0 Å². The van der Waals surface area contributed by atoms with Crippen LogP contribution in [0.2, 0.25) is 5.02 Å². The highest BCUT2D eigenvalue weighted by molar-refractivity contribution is 6.30. The number of rotatable bonds is 0. The summed E-state index contributed by atoms with van der Waals surface area (Å²) in [5, 5.41) is 10.3. The van der Waals surface area contributed by atoms with Crippen molar-refractivity contribution in [3.63, 3.8) is 0 Å². The number of aliphatic hydroxyl groups is 1. The molecule has 0 saturated heterocycles. The second-order valence-corrected chi connectivity index (χ2v) is 4.32. The first kappa shape index (κ1) is 10.5. The maximum atomic E-state index is 9.59. The smallest absolute Gasteiger partial charge is 0.0677 e. The monoisotopic (exact) mass is 220 g/mol.